The van der Waals surface area contributed by atoms with E-state index in [1.165, 1.54) is 18.2 Å². The van der Waals surface area contributed by atoms with Crippen LogP contribution in [0.4, 0.5) is 5.69 Å². The van der Waals surface area contributed by atoms with Crippen molar-refractivity contribution in [1.29, 1.82) is 0 Å². The molecule has 0 radical (unpaired) electrons. The van der Waals surface area contributed by atoms with E-state index in [1.807, 2.05) is 0 Å². The highest BCUT2D eigenvalue weighted by Crippen LogP contribution is 2.25. The van der Waals surface area contributed by atoms with Gasteiger partial charge in [0, 0.05) is 24.6 Å². The molecule has 0 aliphatic heterocycles. The van der Waals surface area contributed by atoms with Gasteiger partial charge in [0.05, 0.1) is 4.92 Å². The minimum absolute atomic E-state index is 0.0501. The fourth-order valence-corrected chi connectivity index (χ4v) is 1.32. The number of hydrogen-bond donors (Lipinski definition) is 2. The summed E-state index contributed by atoms with van der Waals surface area (Å²) in [6.45, 7) is 3.53. The van der Waals surface area contributed by atoms with E-state index in [9.17, 15) is 14.9 Å². The molecule has 0 saturated carbocycles. The lowest BCUT2D eigenvalue weighted by molar-refractivity contribution is -0.385. The molecule has 1 rings (SSSR count). The maximum atomic E-state index is 11.6. The molecule has 20 heavy (non-hydrogen) atoms. The van der Waals surface area contributed by atoms with Crippen molar-refractivity contribution in [1.82, 2.24) is 5.32 Å². The molecule has 0 aliphatic carbocycles. The third kappa shape index (κ3) is 4.85. The van der Waals surface area contributed by atoms with Gasteiger partial charge >= 0.3 is 5.69 Å². The molecule has 7 heteroatoms. The number of aliphatic hydroxyl groups is 1. The minimum atomic E-state index is -0.567. The second-order valence-electron chi connectivity index (χ2n) is 5.11. The number of benzene rings is 1. The molecule has 0 saturated heterocycles. The van der Waals surface area contributed by atoms with E-state index in [1.54, 1.807) is 19.9 Å². The van der Waals surface area contributed by atoms with Crippen molar-refractivity contribution < 1.29 is 19.6 Å². The summed E-state index contributed by atoms with van der Waals surface area (Å²) in [5.74, 6) is -0.348. The van der Waals surface area contributed by atoms with Crippen molar-refractivity contribution in [2.24, 2.45) is 5.41 Å². The van der Waals surface area contributed by atoms with Gasteiger partial charge in [-0.3, -0.25) is 14.9 Å². The van der Waals surface area contributed by atoms with Gasteiger partial charge in [0.15, 0.2) is 12.4 Å². The topological polar surface area (TPSA) is 102 Å². The Hall–Kier alpha value is -2.15. The normalized spacial score (nSPS) is 10.9. The smallest absolute Gasteiger partial charge is 0.310 e. The Balaban J connectivity index is 2.52. The maximum Gasteiger partial charge on any atom is 0.310 e. The Morgan fingerprint density at radius 1 is 1.45 bits per heavy atom. The van der Waals surface area contributed by atoms with Gasteiger partial charge in [0.25, 0.3) is 5.91 Å². The summed E-state index contributed by atoms with van der Waals surface area (Å²) in [5, 5.41) is 22.4. The lowest BCUT2D eigenvalue weighted by Crippen LogP contribution is -2.38. The van der Waals surface area contributed by atoms with Gasteiger partial charge in [0.1, 0.15) is 0 Å². The van der Waals surface area contributed by atoms with E-state index in [-0.39, 0.29) is 24.7 Å². The number of rotatable bonds is 7. The third-order valence-electron chi connectivity index (χ3n) is 2.61. The predicted molar refractivity (Wildman–Crippen MR) is 72.5 cm³/mol. The fourth-order valence-electron chi connectivity index (χ4n) is 1.32. The van der Waals surface area contributed by atoms with Crippen LogP contribution in [0.2, 0.25) is 0 Å². The summed E-state index contributed by atoms with van der Waals surface area (Å²) in [6, 6.07) is 5.86. The zero-order valence-corrected chi connectivity index (χ0v) is 11.5. The first kappa shape index (κ1) is 15.9. The third-order valence-corrected chi connectivity index (χ3v) is 2.61. The highest BCUT2D eigenvalue weighted by Gasteiger charge is 2.18. The van der Waals surface area contributed by atoms with Gasteiger partial charge in [-0.1, -0.05) is 26.0 Å². The summed E-state index contributed by atoms with van der Waals surface area (Å²) >= 11 is 0. The number of nitro benzene ring substituents is 1. The molecule has 0 bridgehead atoms. The monoisotopic (exact) mass is 282 g/mol. The molecular formula is C13H18N2O5. The summed E-state index contributed by atoms with van der Waals surface area (Å²) in [7, 11) is 0. The zero-order chi connectivity index (χ0) is 15.2. The molecule has 0 unspecified atom stereocenters. The number of ether oxygens (including phenoxy) is 1. The molecule has 1 aromatic carbocycles. The number of amides is 1. The molecule has 0 aliphatic rings. The van der Waals surface area contributed by atoms with Crippen molar-refractivity contribution in [2.75, 3.05) is 19.8 Å². The van der Waals surface area contributed by atoms with E-state index >= 15 is 0 Å². The van der Waals surface area contributed by atoms with Crippen molar-refractivity contribution >= 4 is 11.6 Å². The first-order valence-corrected chi connectivity index (χ1v) is 6.09. The Labute approximate surface area is 116 Å². The van der Waals surface area contributed by atoms with Gasteiger partial charge in [0.2, 0.25) is 0 Å². The van der Waals surface area contributed by atoms with Crippen LogP contribution >= 0.6 is 0 Å². The molecule has 0 heterocycles. The van der Waals surface area contributed by atoms with Gasteiger partial charge in [-0.05, 0) is 6.07 Å². The number of para-hydroxylation sites is 2. The number of nitro groups is 1. The molecule has 0 fully saturated rings. The van der Waals surface area contributed by atoms with Crippen LogP contribution in [0.15, 0.2) is 24.3 Å². The molecule has 110 valence electrons. The molecule has 0 spiro atoms. The van der Waals surface area contributed by atoms with E-state index in [0.29, 0.717) is 6.54 Å². The van der Waals surface area contributed by atoms with Crippen LogP contribution in [0, 0.1) is 15.5 Å². The van der Waals surface area contributed by atoms with Crippen LogP contribution in [0.5, 0.6) is 5.75 Å². The zero-order valence-electron chi connectivity index (χ0n) is 11.5. The highest BCUT2D eigenvalue weighted by molar-refractivity contribution is 5.77. The summed E-state index contributed by atoms with van der Waals surface area (Å²) in [5.41, 5.74) is -0.606. The number of aliphatic hydroxyl groups excluding tert-OH is 1. The van der Waals surface area contributed by atoms with E-state index < -0.39 is 16.2 Å². The standard InChI is InChI=1S/C13H18N2O5/c1-13(2,9-16)8-14-12(17)7-20-11-6-4-3-5-10(11)15(18)19/h3-6,16H,7-9H2,1-2H3,(H,14,17). The Morgan fingerprint density at radius 3 is 2.70 bits per heavy atom. The van der Waals surface area contributed by atoms with Gasteiger partial charge in [-0.25, -0.2) is 0 Å². The van der Waals surface area contributed by atoms with Crippen LogP contribution in [0.1, 0.15) is 13.8 Å². The Kier molecular flexibility index (Phi) is 5.45. The molecule has 2 N–H and O–H groups in total. The maximum absolute atomic E-state index is 11.6. The predicted octanol–water partition coefficient (Wildman–Crippen LogP) is 1.11. The van der Waals surface area contributed by atoms with E-state index in [2.05, 4.69) is 5.32 Å². The van der Waals surface area contributed by atoms with Crippen LogP contribution < -0.4 is 10.1 Å². The Morgan fingerprint density at radius 2 is 2.10 bits per heavy atom. The van der Waals surface area contributed by atoms with Crippen LogP contribution in [0.25, 0.3) is 0 Å². The second kappa shape index (κ2) is 6.85. The van der Waals surface area contributed by atoms with Gasteiger partial charge in [-0.2, -0.15) is 0 Å². The lowest BCUT2D eigenvalue weighted by Gasteiger charge is -2.21. The summed E-state index contributed by atoms with van der Waals surface area (Å²) in [4.78, 5) is 21.8. The van der Waals surface area contributed by atoms with Crippen molar-refractivity contribution in [3.05, 3.63) is 34.4 Å². The molecular weight excluding hydrogens is 264 g/mol. The average molecular weight is 282 g/mol. The summed E-state index contributed by atoms with van der Waals surface area (Å²) in [6.07, 6.45) is 0. The quantitative estimate of drug-likeness (QED) is 0.576. The van der Waals surface area contributed by atoms with Gasteiger partial charge in [-0.15, -0.1) is 0 Å². The number of carbonyl (C=O) groups excluding carboxylic acids is 1. The largest absolute Gasteiger partial charge is 0.477 e. The van der Waals surface area contributed by atoms with E-state index in [4.69, 9.17) is 9.84 Å². The van der Waals surface area contributed by atoms with Crippen molar-refractivity contribution in [2.45, 2.75) is 13.8 Å². The highest BCUT2D eigenvalue weighted by atomic mass is 16.6. The first-order chi connectivity index (χ1) is 9.35. The number of carbonyl (C=O) groups is 1. The SMILES string of the molecule is CC(C)(CO)CNC(=O)COc1ccccc1[N+](=O)[O-]. The average Bonchev–Trinajstić information content (AvgIpc) is 2.43. The minimum Gasteiger partial charge on any atom is -0.477 e. The fraction of sp³-hybridized carbons (Fsp3) is 0.462. The van der Waals surface area contributed by atoms with Gasteiger partial charge < -0.3 is 15.2 Å². The summed E-state index contributed by atoms with van der Waals surface area (Å²) < 4.78 is 5.14. The second-order valence-corrected chi connectivity index (χ2v) is 5.11. The molecule has 7 nitrogen and oxygen atoms in total. The number of nitrogens with zero attached hydrogens (tertiary/aromatic N) is 1. The van der Waals surface area contributed by atoms with Crippen molar-refractivity contribution in [3.8, 4) is 5.75 Å². The molecule has 1 aromatic rings. The number of nitrogens with one attached hydrogen (secondary N) is 1. The lowest BCUT2D eigenvalue weighted by atomic mass is 9.95. The van der Waals surface area contributed by atoms with E-state index in [0.717, 1.165) is 0 Å². The van der Waals surface area contributed by atoms with Crippen LogP contribution in [-0.2, 0) is 4.79 Å². The first-order valence-electron chi connectivity index (χ1n) is 6.09. The van der Waals surface area contributed by atoms with Crippen molar-refractivity contribution in [3.63, 3.8) is 0 Å². The number of hydrogen-bond acceptors (Lipinski definition) is 5. The molecule has 1 amide bonds. The van der Waals surface area contributed by atoms with Crippen LogP contribution in [-0.4, -0.2) is 35.7 Å². The Bertz CT molecular complexity index is 487. The van der Waals surface area contributed by atoms with Crippen LogP contribution in [0.3, 0.4) is 0 Å². The molecule has 0 atom stereocenters. The molecule has 0 aromatic heterocycles.